The Bertz CT molecular complexity index is 2030. The summed E-state index contributed by atoms with van der Waals surface area (Å²) in [6.45, 7) is 4.30. The number of benzene rings is 1. The number of rotatable bonds is 7. The van der Waals surface area contributed by atoms with Gasteiger partial charge in [-0.25, -0.2) is 26.6 Å². The molecule has 4 amide bonds. The number of aromatic nitrogens is 1. The molecule has 288 valence electrons. The number of carbonyl (C=O) groups excluding carboxylic acids is 4. The average Bonchev–Trinajstić information content (AvgIpc) is 3.99. The topological polar surface area (TPSA) is 210 Å². The Labute approximate surface area is 309 Å². The molecule has 53 heavy (non-hydrogen) atoms. The monoisotopic (exact) mass is 774 g/mol. The Morgan fingerprint density at radius 3 is 2.49 bits per heavy atom. The summed E-state index contributed by atoms with van der Waals surface area (Å²) >= 11 is 0. The maximum atomic E-state index is 14.6. The van der Waals surface area contributed by atoms with Crippen molar-refractivity contribution < 1.29 is 45.5 Å². The van der Waals surface area contributed by atoms with Gasteiger partial charge in [0.15, 0.2) is 0 Å². The molecule has 4 aliphatic rings. The van der Waals surface area contributed by atoms with Crippen LogP contribution < -0.4 is 20.1 Å². The lowest BCUT2D eigenvalue weighted by atomic mass is 10.1. The van der Waals surface area contributed by atoms with Crippen molar-refractivity contribution >= 4 is 54.6 Å². The van der Waals surface area contributed by atoms with Gasteiger partial charge in [-0.2, -0.15) is 4.31 Å². The Morgan fingerprint density at radius 1 is 1.06 bits per heavy atom. The van der Waals surface area contributed by atoms with Gasteiger partial charge in [0.25, 0.3) is 5.91 Å². The van der Waals surface area contributed by atoms with Crippen LogP contribution in [0.15, 0.2) is 48.7 Å². The second-order valence-electron chi connectivity index (χ2n) is 15.2. The van der Waals surface area contributed by atoms with E-state index in [1.807, 2.05) is 30.3 Å². The van der Waals surface area contributed by atoms with Crippen molar-refractivity contribution in [1.29, 1.82) is 0 Å². The van der Waals surface area contributed by atoms with Gasteiger partial charge in [0.05, 0.1) is 18.1 Å². The highest BCUT2D eigenvalue weighted by Crippen LogP contribution is 2.46. The molecular weight excluding hydrogens is 729 g/mol. The van der Waals surface area contributed by atoms with E-state index < -0.39 is 90.9 Å². The molecule has 5 atom stereocenters. The Balaban J connectivity index is 1.36. The van der Waals surface area contributed by atoms with Crippen LogP contribution in [-0.2, 0) is 39.2 Å². The van der Waals surface area contributed by atoms with Gasteiger partial charge >= 0.3 is 6.09 Å². The van der Waals surface area contributed by atoms with Crippen LogP contribution >= 0.6 is 0 Å². The number of amides is 4. The minimum absolute atomic E-state index is 0.00201. The predicted molar refractivity (Wildman–Crippen MR) is 193 cm³/mol. The number of ether oxygens (including phenoxy) is 2. The summed E-state index contributed by atoms with van der Waals surface area (Å²) in [6, 6.07) is 6.45. The van der Waals surface area contributed by atoms with E-state index in [1.165, 1.54) is 4.90 Å². The number of allylic oxidation sites excluding steroid dienone is 1. The zero-order valence-electron chi connectivity index (χ0n) is 30.1. The standard InChI is InChI=1S/C35H46N6O10S2/c1-34(2,3)51-33(45)37-27-21-40(52(4,46)47)17-9-5-6-11-23-19-35(23,32(44)39-53(48,49)25-13-14-25)38-29(42)28-18-24(20-41(28)31(27)43)50-30-26-12-8-7-10-22(26)15-16-36-30/h6-8,10-12,15-16,23-25,27-28H,5,9,13-14,17-21H2,1-4H3,(H,37,45)(H,38,42)(H,39,44)/b11-6-/t23-,24-,27+,28+,35-/m1/s1. The minimum Gasteiger partial charge on any atom is -0.472 e. The number of alkyl carbamates (subject to hydrolysis) is 1. The molecule has 18 heteroatoms. The van der Waals surface area contributed by atoms with Crippen LogP contribution in [0.4, 0.5) is 4.79 Å². The van der Waals surface area contributed by atoms with E-state index in [0.29, 0.717) is 31.1 Å². The van der Waals surface area contributed by atoms with Crippen molar-refractivity contribution in [2.24, 2.45) is 5.92 Å². The zero-order valence-corrected chi connectivity index (χ0v) is 31.7. The number of hydrogen-bond donors (Lipinski definition) is 3. The van der Waals surface area contributed by atoms with Crippen molar-refractivity contribution in [1.82, 2.24) is 29.5 Å². The fourth-order valence-electron chi connectivity index (χ4n) is 6.76. The van der Waals surface area contributed by atoms with Crippen LogP contribution in [0.5, 0.6) is 5.88 Å². The number of sulfonamides is 2. The quantitative estimate of drug-likeness (QED) is 0.344. The van der Waals surface area contributed by atoms with Crippen LogP contribution in [0.2, 0.25) is 0 Å². The second kappa shape index (κ2) is 14.5. The lowest BCUT2D eigenvalue weighted by Gasteiger charge is -2.32. The molecule has 0 unspecified atom stereocenters. The van der Waals surface area contributed by atoms with Gasteiger partial charge in [-0.05, 0) is 70.4 Å². The molecule has 1 aromatic heterocycles. The predicted octanol–water partition coefficient (Wildman–Crippen LogP) is 1.57. The third kappa shape index (κ3) is 8.92. The zero-order chi connectivity index (χ0) is 38.3. The number of nitrogens with one attached hydrogen (secondary N) is 3. The number of carbonyl (C=O) groups is 4. The molecule has 0 bridgehead atoms. The average molecular weight is 775 g/mol. The van der Waals surface area contributed by atoms with E-state index in [2.05, 4.69) is 20.3 Å². The third-order valence-corrected chi connectivity index (χ3v) is 12.8. The summed E-state index contributed by atoms with van der Waals surface area (Å²) in [5, 5.41) is 6.20. The maximum Gasteiger partial charge on any atom is 0.408 e. The molecule has 3 fully saturated rings. The minimum atomic E-state index is -3.95. The van der Waals surface area contributed by atoms with E-state index in [1.54, 1.807) is 39.1 Å². The number of fused-ring (bicyclic) bond motifs is 3. The van der Waals surface area contributed by atoms with Crippen LogP contribution in [0.25, 0.3) is 10.8 Å². The molecule has 1 aromatic carbocycles. The normalized spacial score (nSPS) is 28.0. The molecule has 3 heterocycles. The molecule has 2 aliphatic carbocycles. The molecule has 2 saturated carbocycles. The fourth-order valence-corrected chi connectivity index (χ4v) is 9.01. The van der Waals surface area contributed by atoms with Gasteiger partial charge in [-0.3, -0.25) is 19.1 Å². The van der Waals surface area contributed by atoms with Gasteiger partial charge in [-0.1, -0.05) is 30.4 Å². The molecule has 16 nitrogen and oxygen atoms in total. The smallest absolute Gasteiger partial charge is 0.408 e. The Kier molecular flexibility index (Phi) is 10.5. The largest absolute Gasteiger partial charge is 0.472 e. The summed E-state index contributed by atoms with van der Waals surface area (Å²) in [5.41, 5.74) is -2.55. The second-order valence-corrected chi connectivity index (χ2v) is 19.1. The van der Waals surface area contributed by atoms with E-state index in [4.69, 9.17) is 9.47 Å². The van der Waals surface area contributed by atoms with E-state index in [-0.39, 0.29) is 31.8 Å². The van der Waals surface area contributed by atoms with Crippen molar-refractivity contribution in [3.63, 3.8) is 0 Å². The maximum absolute atomic E-state index is 14.6. The van der Waals surface area contributed by atoms with Crippen molar-refractivity contribution in [3.05, 3.63) is 48.7 Å². The number of pyridine rings is 1. The highest BCUT2D eigenvalue weighted by molar-refractivity contribution is 7.91. The van der Waals surface area contributed by atoms with Crippen LogP contribution in [-0.4, -0.2) is 115 Å². The summed E-state index contributed by atoms with van der Waals surface area (Å²) in [7, 11) is -7.84. The van der Waals surface area contributed by atoms with Crippen LogP contribution in [0.1, 0.15) is 59.3 Å². The first-order valence-corrected chi connectivity index (χ1v) is 21.1. The molecule has 3 N–H and O–H groups in total. The summed E-state index contributed by atoms with van der Waals surface area (Å²) < 4.78 is 66.6. The highest BCUT2D eigenvalue weighted by atomic mass is 32.2. The molecule has 6 rings (SSSR count). The van der Waals surface area contributed by atoms with E-state index in [9.17, 15) is 36.0 Å². The number of hydrogen-bond acceptors (Lipinski definition) is 11. The third-order valence-electron chi connectivity index (χ3n) is 9.72. The lowest BCUT2D eigenvalue weighted by molar-refractivity contribution is -0.141. The SMILES string of the molecule is CC(C)(C)OC(=O)N[C@H]1CN(S(C)(=O)=O)CCC/C=C\[C@@H]2C[C@@]2(C(=O)NS(=O)(=O)C2CC2)NC(=O)[C@@H]2C[C@@H](Oc3nccc4ccccc34)CN2C1=O. The van der Waals surface area contributed by atoms with Gasteiger partial charge < -0.3 is 25.0 Å². The molecular formula is C35H46N6O10S2. The van der Waals surface area contributed by atoms with E-state index >= 15 is 0 Å². The molecule has 2 aliphatic heterocycles. The first-order valence-electron chi connectivity index (χ1n) is 17.7. The van der Waals surface area contributed by atoms with Gasteiger partial charge in [0, 0.05) is 37.0 Å². The van der Waals surface area contributed by atoms with Crippen LogP contribution in [0.3, 0.4) is 0 Å². The van der Waals surface area contributed by atoms with Crippen LogP contribution in [0, 0.1) is 5.92 Å². The van der Waals surface area contributed by atoms with Crippen molar-refractivity contribution in [2.75, 3.05) is 25.9 Å². The number of nitrogens with zero attached hydrogens (tertiary/aromatic N) is 3. The first kappa shape index (κ1) is 38.4. The van der Waals surface area contributed by atoms with Crippen molar-refractivity contribution in [2.45, 2.75) is 93.9 Å². The summed E-state index contributed by atoms with van der Waals surface area (Å²) in [6.07, 6.45) is 5.91. The van der Waals surface area contributed by atoms with Gasteiger partial charge in [0.2, 0.25) is 37.7 Å². The highest BCUT2D eigenvalue weighted by Gasteiger charge is 2.62. The molecule has 0 spiro atoms. The van der Waals surface area contributed by atoms with Crippen molar-refractivity contribution in [3.8, 4) is 5.88 Å². The molecule has 0 radical (unpaired) electrons. The van der Waals surface area contributed by atoms with E-state index in [0.717, 1.165) is 15.9 Å². The van der Waals surface area contributed by atoms with Gasteiger partial charge in [0.1, 0.15) is 29.3 Å². The Morgan fingerprint density at radius 2 is 1.79 bits per heavy atom. The first-order chi connectivity index (χ1) is 24.9. The molecule has 1 saturated heterocycles. The fraction of sp³-hybridized carbons (Fsp3) is 0.571. The Hall–Kier alpha value is -4.29. The summed E-state index contributed by atoms with van der Waals surface area (Å²) in [4.78, 5) is 61.3. The summed E-state index contributed by atoms with van der Waals surface area (Å²) in [5.74, 6) is -2.68. The van der Waals surface area contributed by atoms with Gasteiger partial charge in [-0.15, -0.1) is 0 Å². The molecule has 2 aromatic rings. The lowest BCUT2D eigenvalue weighted by Crippen LogP contribution is -2.60.